The molecule has 0 amide bonds. The summed E-state index contributed by atoms with van der Waals surface area (Å²) < 4.78 is 0. The lowest BCUT2D eigenvalue weighted by Gasteiger charge is -2.62. The molecule has 2 nitrogen and oxygen atoms in total. The zero-order chi connectivity index (χ0) is 23.2. The Balaban J connectivity index is 1.39. The van der Waals surface area contributed by atoms with Gasteiger partial charge in [0, 0.05) is 11.8 Å². The van der Waals surface area contributed by atoms with Gasteiger partial charge in [0.15, 0.2) is 0 Å². The van der Waals surface area contributed by atoms with E-state index in [1.165, 1.54) is 57.8 Å². The molecule has 0 N–H and O–H groups in total. The van der Waals surface area contributed by atoms with Crippen LogP contribution in [-0.2, 0) is 9.59 Å². The van der Waals surface area contributed by atoms with Crippen molar-refractivity contribution in [3.63, 3.8) is 0 Å². The van der Waals surface area contributed by atoms with Crippen LogP contribution in [0.25, 0.3) is 0 Å². The van der Waals surface area contributed by atoms with Crippen LogP contribution in [0.5, 0.6) is 0 Å². The summed E-state index contributed by atoms with van der Waals surface area (Å²) in [7, 11) is 0. The van der Waals surface area contributed by atoms with E-state index in [0.717, 1.165) is 42.5 Å². The van der Waals surface area contributed by atoms with E-state index in [1.807, 2.05) is 6.92 Å². The highest BCUT2D eigenvalue weighted by atomic mass is 16.1. The predicted molar refractivity (Wildman–Crippen MR) is 130 cm³/mol. The molecule has 0 heterocycles. The third kappa shape index (κ3) is 2.65. The van der Waals surface area contributed by atoms with E-state index in [2.05, 4.69) is 40.7 Å². The zero-order valence-electron chi connectivity index (χ0n) is 21.6. The quantitative estimate of drug-likeness (QED) is 0.328. The molecule has 0 aromatic rings. The van der Waals surface area contributed by atoms with Gasteiger partial charge in [0.2, 0.25) is 0 Å². The van der Waals surface area contributed by atoms with Gasteiger partial charge in [0.05, 0.1) is 0 Å². The highest BCUT2D eigenvalue weighted by Crippen LogP contribution is 2.88. The van der Waals surface area contributed by atoms with E-state index in [1.54, 1.807) is 0 Å². The fourth-order valence-electron chi connectivity index (χ4n) is 10.9. The van der Waals surface area contributed by atoms with E-state index < -0.39 is 0 Å². The van der Waals surface area contributed by atoms with E-state index >= 15 is 0 Å². The number of hydrogen-bond donors (Lipinski definition) is 0. The lowest BCUT2D eigenvalue weighted by Crippen LogP contribution is -2.57. The summed E-state index contributed by atoms with van der Waals surface area (Å²) in [5.41, 5.74) is 2.71. The van der Waals surface area contributed by atoms with Gasteiger partial charge in [-0.1, -0.05) is 40.7 Å². The van der Waals surface area contributed by atoms with Crippen molar-refractivity contribution in [2.45, 2.75) is 112 Å². The van der Waals surface area contributed by atoms with Gasteiger partial charge in [-0.05, 0) is 122 Å². The molecule has 5 rings (SSSR count). The van der Waals surface area contributed by atoms with Gasteiger partial charge in [-0.2, -0.15) is 0 Å². The van der Waals surface area contributed by atoms with Crippen LogP contribution >= 0.6 is 0 Å². The van der Waals surface area contributed by atoms with E-state index in [0.29, 0.717) is 33.4 Å². The molecule has 0 aromatic heterocycles. The molecule has 178 valence electrons. The van der Waals surface area contributed by atoms with Crippen molar-refractivity contribution in [3.05, 3.63) is 11.6 Å². The van der Waals surface area contributed by atoms with Gasteiger partial charge < -0.3 is 0 Å². The average Bonchev–Trinajstić information content (AvgIpc) is 3.33. The lowest BCUT2D eigenvalue weighted by atomic mass is 9.42. The zero-order valence-corrected chi connectivity index (χ0v) is 21.6. The van der Waals surface area contributed by atoms with Crippen LogP contribution in [0.15, 0.2) is 11.6 Å². The third-order valence-corrected chi connectivity index (χ3v) is 12.9. The first kappa shape index (κ1) is 22.9. The van der Waals surface area contributed by atoms with Crippen molar-refractivity contribution in [3.8, 4) is 0 Å². The summed E-state index contributed by atoms with van der Waals surface area (Å²) >= 11 is 0. The second-order valence-corrected chi connectivity index (χ2v) is 13.9. The second kappa shape index (κ2) is 7.05. The molecule has 8 atom stereocenters. The van der Waals surface area contributed by atoms with Crippen LogP contribution in [0, 0.1) is 50.7 Å². The maximum Gasteiger partial charge on any atom is 0.145 e. The van der Waals surface area contributed by atoms with E-state index in [-0.39, 0.29) is 5.41 Å². The molecule has 2 heteroatoms. The number of ketones is 1. The molecule has 5 fully saturated rings. The highest BCUT2D eigenvalue weighted by molar-refractivity contribution is 5.86. The number of carbonyl (C=O) groups excluding carboxylic acids is 2. The Kier molecular flexibility index (Phi) is 5.03. The Labute approximate surface area is 196 Å². The van der Waals surface area contributed by atoms with Crippen LogP contribution in [0.2, 0.25) is 0 Å². The van der Waals surface area contributed by atoms with E-state index in [4.69, 9.17) is 0 Å². The Morgan fingerprint density at radius 2 is 1.66 bits per heavy atom. The van der Waals surface area contributed by atoms with Gasteiger partial charge in [-0.15, -0.1) is 0 Å². The normalized spacial score (nSPS) is 50.0. The van der Waals surface area contributed by atoms with Crippen molar-refractivity contribution in [2.75, 3.05) is 0 Å². The maximum atomic E-state index is 12.8. The van der Waals surface area contributed by atoms with Gasteiger partial charge in [0.25, 0.3) is 0 Å². The number of carbonyl (C=O) groups is 2. The summed E-state index contributed by atoms with van der Waals surface area (Å²) in [4.78, 5) is 23.8. The molecule has 0 saturated heterocycles. The Hall–Kier alpha value is -0.920. The van der Waals surface area contributed by atoms with Crippen molar-refractivity contribution < 1.29 is 9.59 Å². The van der Waals surface area contributed by atoms with E-state index in [9.17, 15) is 9.59 Å². The SMILES string of the molecule is C/C(C=O)=C\CC[C@@H](C)[C@H]1CC[C@@]2(C)[C@@H]3CC[C@H]4C(C)(C)C(=O)CC[C@@]45C[C@@]35CC[C@]12C. The minimum absolute atomic E-state index is 0.103. The van der Waals surface area contributed by atoms with Crippen molar-refractivity contribution in [1.29, 1.82) is 0 Å². The summed E-state index contributed by atoms with van der Waals surface area (Å²) in [6.45, 7) is 14.3. The first-order chi connectivity index (χ1) is 15.0. The molecule has 0 aliphatic heterocycles. The maximum absolute atomic E-state index is 12.8. The standard InChI is InChI=1S/C30H46O2/c1-20(18-31)8-7-9-21(2)22-12-14-28(6)24-11-10-23-26(3,4)25(32)13-15-29(23)19-30(24,29)17-16-27(22,28)5/h8,18,21-24H,7,9-17,19H2,1-6H3/b20-8+/t21-,22-,23+,24+,27-,28+,29-,30+/m1/s1. The number of aldehydes is 1. The molecule has 32 heavy (non-hydrogen) atoms. The minimum Gasteiger partial charge on any atom is -0.299 e. The van der Waals surface area contributed by atoms with Crippen LogP contribution in [0.1, 0.15) is 112 Å². The summed E-state index contributed by atoms with van der Waals surface area (Å²) in [6, 6.07) is 0. The molecular weight excluding hydrogens is 392 g/mol. The van der Waals surface area contributed by atoms with Gasteiger partial charge in [0.1, 0.15) is 12.1 Å². The molecule has 5 aliphatic carbocycles. The molecule has 5 aliphatic rings. The number of Topliss-reactive ketones (excluding diaryl/α,β-unsaturated/α-hetero) is 1. The van der Waals surface area contributed by atoms with Crippen LogP contribution in [0.3, 0.4) is 0 Å². The smallest absolute Gasteiger partial charge is 0.145 e. The lowest BCUT2D eigenvalue weighted by molar-refractivity contribution is -0.157. The average molecular weight is 439 g/mol. The topological polar surface area (TPSA) is 34.1 Å². The first-order valence-electron chi connectivity index (χ1n) is 13.6. The number of allylic oxidation sites excluding steroid dienone is 2. The molecule has 0 radical (unpaired) electrons. The predicted octanol–water partition coefficient (Wildman–Crippen LogP) is 7.56. The number of rotatable bonds is 5. The molecule has 5 saturated carbocycles. The fourth-order valence-corrected chi connectivity index (χ4v) is 10.9. The largest absolute Gasteiger partial charge is 0.299 e. The molecule has 0 aromatic carbocycles. The summed E-state index contributed by atoms with van der Waals surface area (Å²) in [6.07, 6.45) is 17.0. The highest BCUT2D eigenvalue weighted by Gasteiger charge is 2.82. The molecule has 2 spiro atoms. The van der Waals surface area contributed by atoms with Crippen molar-refractivity contribution >= 4 is 12.1 Å². The fraction of sp³-hybridized carbons (Fsp3) is 0.867. The third-order valence-electron chi connectivity index (χ3n) is 12.9. The second-order valence-electron chi connectivity index (χ2n) is 13.9. The minimum atomic E-state index is -0.103. The van der Waals surface area contributed by atoms with Crippen LogP contribution in [-0.4, -0.2) is 12.1 Å². The van der Waals surface area contributed by atoms with Crippen molar-refractivity contribution in [2.24, 2.45) is 50.7 Å². The first-order valence-corrected chi connectivity index (χ1v) is 13.6. The molecule has 0 bridgehead atoms. The van der Waals surface area contributed by atoms with Crippen molar-refractivity contribution in [1.82, 2.24) is 0 Å². The number of fused-ring (bicyclic) bond motifs is 2. The summed E-state index contributed by atoms with van der Waals surface area (Å²) in [5, 5.41) is 0. The van der Waals surface area contributed by atoms with Gasteiger partial charge in [-0.25, -0.2) is 0 Å². The van der Waals surface area contributed by atoms with Crippen LogP contribution < -0.4 is 0 Å². The molecule has 0 unspecified atom stereocenters. The summed E-state index contributed by atoms with van der Waals surface area (Å²) in [5.74, 6) is 3.57. The van der Waals surface area contributed by atoms with Crippen LogP contribution in [0.4, 0.5) is 0 Å². The Morgan fingerprint density at radius 1 is 0.969 bits per heavy atom. The molecular formula is C30H46O2. The Bertz CT molecular complexity index is 853. The van der Waals surface area contributed by atoms with Gasteiger partial charge >= 0.3 is 0 Å². The Morgan fingerprint density at radius 3 is 2.38 bits per heavy atom. The van der Waals surface area contributed by atoms with Gasteiger partial charge in [-0.3, -0.25) is 9.59 Å². The monoisotopic (exact) mass is 438 g/mol. The number of hydrogen-bond acceptors (Lipinski definition) is 2.